The summed E-state index contributed by atoms with van der Waals surface area (Å²) in [6.45, 7) is 1.90. The Morgan fingerprint density at radius 2 is 1.97 bits per heavy atom. The second kappa shape index (κ2) is 8.60. The van der Waals surface area contributed by atoms with Gasteiger partial charge in [0.15, 0.2) is 0 Å². The molecule has 1 amide bonds. The molecule has 1 N–H and O–H groups in total. The van der Waals surface area contributed by atoms with Crippen molar-refractivity contribution in [3.8, 4) is 11.5 Å². The second-order valence-corrected chi connectivity index (χ2v) is 9.80. The fourth-order valence-electron chi connectivity index (χ4n) is 3.34. The van der Waals surface area contributed by atoms with Crippen LogP contribution < -0.4 is 5.32 Å². The van der Waals surface area contributed by atoms with Gasteiger partial charge in [0.1, 0.15) is 10.8 Å². The first-order valence-electron chi connectivity index (χ1n) is 9.62. The summed E-state index contributed by atoms with van der Waals surface area (Å²) >= 11 is 1.28. The van der Waals surface area contributed by atoms with Crippen LogP contribution >= 0.6 is 11.3 Å². The number of hydrogen-bond acceptors (Lipinski definition) is 9. The summed E-state index contributed by atoms with van der Waals surface area (Å²) < 4.78 is 35.6. The molecule has 0 radical (unpaired) electrons. The molecule has 4 rings (SSSR count). The Morgan fingerprint density at radius 1 is 1.19 bits per heavy atom. The maximum absolute atomic E-state index is 12.6. The van der Waals surface area contributed by atoms with Gasteiger partial charge in [-0.15, -0.1) is 16.4 Å². The van der Waals surface area contributed by atoms with Crippen molar-refractivity contribution in [3.05, 3.63) is 46.3 Å². The Hall–Kier alpha value is -3.05. The molecule has 1 aliphatic rings. The Bertz CT molecular complexity index is 1230. The van der Waals surface area contributed by atoms with Crippen LogP contribution in [-0.2, 0) is 32.2 Å². The van der Waals surface area contributed by atoms with Crippen LogP contribution in [0.2, 0.25) is 0 Å². The van der Waals surface area contributed by atoms with Gasteiger partial charge in [-0.1, -0.05) is 23.3 Å². The van der Waals surface area contributed by atoms with Gasteiger partial charge in [0.05, 0.1) is 12.2 Å². The maximum atomic E-state index is 12.6. The number of aryl methyl sites for hydroxylation is 1. The number of nitrogens with zero attached hydrogens (tertiary/aromatic N) is 2. The van der Waals surface area contributed by atoms with E-state index in [2.05, 4.69) is 15.5 Å². The zero-order valence-electron chi connectivity index (χ0n) is 16.6. The number of amides is 1. The van der Waals surface area contributed by atoms with Crippen molar-refractivity contribution in [1.82, 2.24) is 10.2 Å². The molecular weight excluding hydrogens is 442 g/mol. The lowest BCUT2D eigenvalue weighted by molar-refractivity contribution is -0.113. The summed E-state index contributed by atoms with van der Waals surface area (Å²) in [6.07, 6.45) is 2.46. The van der Waals surface area contributed by atoms with E-state index < -0.39 is 32.7 Å². The molecular formula is C20H19N3O6S2. The Kier molecular flexibility index (Phi) is 5.88. The number of nitrogens with one attached hydrogen (secondary N) is 1. The van der Waals surface area contributed by atoms with E-state index in [9.17, 15) is 18.0 Å². The van der Waals surface area contributed by atoms with Crippen molar-refractivity contribution in [3.63, 3.8) is 0 Å². The number of rotatable bonds is 7. The van der Waals surface area contributed by atoms with Crippen molar-refractivity contribution < 1.29 is 27.2 Å². The van der Waals surface area contributed by atoms with E-state index in [-0.39, 0.29) is 12.5 Å². The van der Waals surface area contributed by atoms with Crippen LogP contribution in [0.25, 0.3) is 11.5 Å². The molecule has 0 saturated carbocycles. The van der Waals surface area contributed by atoms with Crippen LogP contribution in [0, 0.1) is 0 Å². The molecule has 0 spiro atoms. The largest absolute Gasteiger partial charge is 0.462 e. The smallest absolute Gasteiger partial charge is 0.341 e. The third-order valence-corrected chi connectivity index (χ3v) is 7.21. The molecule has 2 heterocycles. The SMILES string of the molecule is CCOC(=O)c1c(NC(=O)CS(=O)(=O)c2nnc(-c3ccccc3)o2)sc2c1CCC2. The lowest BCUT2D eigenvalue weighted by Crippen LogP contribution is -2.24. The van der Waals surface area contributed by atoms with Gasteiger partial charge < -0.3 is 14.5 Å². The van der Waals surface area contributed by atoms with E-state index >= 15 is 0 Å². The van der Waals surface area contributed by atoms with Crippen LogP contribution in [-0.4, -0.2) is 42.9 Å². The van der Waals surface area contributed by atoms with Crippen molar-refractivity contribution in [2.24, 2.45) is 0 Å². The number of hydrogen-bond donors (Lipinski definition) is 1. The number of anilines is 1. The zero-order valence-corrected chi connectivity index (χ0v) is 18.2. The van der Waals surface area contributed by atoms with E-state index in [0.717, 1.165) is 29.7 Å². The molecule has 1 aliphatic carbocycles. The van der Waals surface area contributed by atoms with Gasteiger partial charge in [-0.2, -0.15) is 0 Å². The summed E-state index contributed by atoms with van der Waals surface area (Å²) in [5.74, 6) is -2.18. The summed E-state index contributed by atoms with van der Waals surface area (Å²) in [7, 11) is -4.17. The molecule has 2 aromatic heterocycles. The van der Waals surface area contributed by atoms with Crippen molar-refractivity contribution in [2.45, 2.75) is 31.4 Å². The molecule has 0 atom stereocenters. The summed E-state index contributed by atoms with van der Waals surface area (Å²) in [5.41, 5.74) is 1.74. The Balaban J connectivity index is 1.52. The molecule has 9 nitrogen and oxygen atoms in total. The molecule has 0 bridgehead atoms. The molecule has 162 valence electrons. The number of thiophene rings is 1. The Labute approximate surface area is 182 Å². The van der Waals surface area contributed by atoms with Crippen LogP contribution in [0.5, 0.6) is 0 Å². The maximum Gasteiger partial charge on any atom is 0.341 e. The lowest BCUT2D eigenvalue weighted by atomic mass is 10.1. The average Bonchev–Trinajstić information content (AvgIpc) is 3.44. The summed E-state index contributed by atoms with van der Waals surface area (Å²) in [6, 6.07) is 8.70. The van der Waals surface area contributed by atoms with Crippen molar-refractivity contribution in [1.29, 1.82) is 0 Å². The number of carbonyl (C=O) groups is 2. The first-order chi connectivity index (χ1) is 14.9. The average molecular weight is 462 g/mol. The molecule has 0 unspecified atom stereocenters. The predicted octanol–water partition coefficient (Wildman–Crippen LogP) is 2.88. The van der Waals surface area contributed by atoms with Gasteiger partial charge in [-0.05, 0) is 43.9 Å². The van der Waals surface area contributed by atoms with Crippen molar-refractivity contribution in [2.75, 3.05) is 17.7 Å². The fraction of sp³-hybridized carbons (Fsp3) is 0.300. The van der Waals surface area contributed by atoms with Gasteiger partial charge in [-0.3, -0.25) is 4.79 Å². The number of sulfone groups is 1. The van der Waals surface area contributed by atoms with Gasteiger partial charge in [0.25, 0.3) is 0 Å². The number of fused-ring (bicyclic) bond motifs is 1. The molecule has 1 aromatic carbocycles. The van der Waals surface area contributed by atoms with Gasteiger partial charge >= 0.3 is 11.2 Å². The number of ether oxygens (including phenoxy) is 1. The highest BCUT2D eigenvalue weighted by Crippen LogP contribution is 2.39. The Morgan fingerprint density at radius 3 is 2.71 bits per heavy atom. The van der Waals surface area contributed by atoms with Gasteiger partial charge in [0.2, 0.25) is 21.6 Å². The minimum atomic E-state index is -4.17. The highest BCUT2D eigenvalue weighted by atomic mass is 32.2. The number of esters is 1. The normalized spacial score (nSPS) is 13.1. The molecule has 0 fully saturated rings. The van der Waals surface area contributed by atoms with E-state index in [1.165, 1.54) is 11.3 Å². The molecule has 31 heavy (non-hydrogen) atoms. The standard InChI is InChI=1S/C20H19N3O6S2/c1-2-28-19(25)16-13-9-6-10-14(13)30-18(16)21-15(24)11-31(26,27)20-23-22-17(29-20)12-7-4-3-5-8-12/h3-5,7-8H,2,6,9-11H2,1H3,(H,21,24). The molecule has 3 aromatic rings. The highest BCUT2D eigenvalue weighted by molar-refractivity contribution is 7.91. The first-order valence-corrected chi connectivity index (χ1v) is 12.1. The van der Waals surface area contributed by atoms with E-state index in [4.69, 9.17) is 9.15 Å². The minimum Gasteiger partial charge on any atom is -0.462 e. The van der Waals surface area contributed by atoms with Crippen LogP contribution in [0.1, 0.15) is 34.1 Å². The molecule has 0 saturated heterocycles. The topological polar surface area (TPSA) is 128 Å². The van der Waals surface area contributed by atoms with Crippen LogP contribution in [0.15, 0.2) is 40.0 Å². The van der Waals surface area contributed by atoms with Crippen LogP contribution in [0.3, 0.4) is 0 Å². The minimum absolute atomic E-state index is 0.0406. The fourth-order valence-corrected chi connectivity index (χ4v) is 5.55. The van der Waals surface area contributed by atoms with Crippen LogP contribution in [0.4, 0.5) is 5.00 Å². The van der Waals surface area contributed by atoms with E-state index in [1.807, 2.05) is 0 Å². The highest BCUT2D eigenvalue weighted by Gasteiger charge is 2.31. The molecule has 11 heteroatoms. The van der Waals surface area contributed by atoms with Crippen molar-refractivity contribution >= 4 is 38.1 Å². The lowest BCUT2D eigenvalue weighted by Gasteiger charge is -2.07. The summed E-state index contributed by atoms with van der Waals surface area (Å²) in [5, 5.41) is 9.55. The zero-order chi connectivity index (χ0) is 22.0. The van der Waals surface area contributed by atoms with Gasteiger partial charge in [0, 0.05) is 10.4 Å². The number of aromatic nitrogens is 2. The first kappa shape index (κ1) is 21.2. The molecule has 0 aliphatic heterocycles. The van der Waals surface area contributed by atoms with E-state index in [1.54, 1.807) is 37.3 Å². The van der Waals surface area contributed by atoms with E-state index in [0.29, 0.717) is 16.1 Å². The predicted molar refractivity (Wildman–Crippen MR) is 113 cm³/mol. The van der Waals surface area contributed by atoms with Gasteiger partial charge in [-0.25, -0.2) is 13.2 Å². The third kappa shape index (κ3) is 4.37. The quantitative estimate of drug-likeness (QED) is 0.532. The number of benzene rings is 1. The monoisotopic (exact) mass is 461 g/mol. The number of carbonyl (C=O) groups excluding carboxylic acids is 2. The second-order valence-electron chi connectivity index (χ2n) is 6.83. The third-order valence-electron chi connectivity index (χ3n) is 4.67. The summed E-state index contributed by atoms with van der Waals surface area (Å²) in [4.78, 5) is 25.9.